The molecular formula is C14H28O4Si. The number of carbonyl (C=O) groups excluding carboxylic acids is 2. The van der Waals surface area contributed by atoms with Gasteiger partial charge in [-0.3, -0.25) is 9.59 Å². The first kappa shape index (κ1) is 18.3. The first-order chi connectivity index (χ1) is 8.60. The third-order valence-electron chi connectivity index (χ3n) is 3.62. The number of hydrogen-bond donors (Lipinski definition) is 0. The molecular weight excluding hydrogens is 260 g/mol. The molecule has 0 N–H and O–H groups in total. The second kappa shape index (κ2) is 7.80. The van der Waals surface area contributed by atoms with Crippen molar-refractivity contribution in [2.24, 2.45) is 0 Å². The van der Waals surface area contributed by atoms with Gasteiger partial charge < -0.3 is 9.16 Å². The molecule has 0 fully saturated rings. The van der Waals surface area contributed by atoms with E-state index in [1.54, 1.807) is 0 Å². The molecule has 0 aromatic rings. The van der Waals surface area contributed by atoms with E-state index < -0.39 is 20.4 Å². The summed E-state index contributed by atoms with van der Waals surface area (Å²) in [5, 5.41) is 0.218. The van der Waals surface area contributed by atoms with E-state index in [1.165, 1.54) is 6.92 Å². The van der Waals surface area contributed by atoms with Gasteiger partial charge in [-0.05, 0) is 37.4 Å². The summed E-state index contributed by atoms with van der Waals surface area (Å²) >= 11 is 0. The molecule has 4 nitrogen and oxygen atoms in total. The largest absolute Gasteiger partial charge is 0.455 e. The van der Waals surface area contributed by atoms with Crippen molar-refractivity contribution in [2.45, 2.75) is 71.2 Å². The SMILES string of the molecule is CC(=O)O[C@@H](C=O)CCCCO[Si](C)(C)C(C)(C)C. The summed E-state index contributed by atoms with van der Waals surface area (Å²) < 4.78 is 10.9. The number of hydrogen-bond acceptors (Lipinski definition) is 4. The molecule has 0 spiro atoms. The van der Waals surface area contributed by atoms with E-state index in [0.717, 1.165) is 12.8 Å². The van der Waals surface area contributed by atoms with E-state index in [4.69, 9.17) is 9.16 Å². The number of aldehydes is 1. The average Bonchev–Trinajstić information content (AvgIpc) is 2.24. The highest BCUT2D eigenvalue weighted by molar-refractivity contribution is 6.74. The first-order valence-electron chi connectivity index (χ1n) is 6.86. The van der Waals surface area contributed by atoms with Crippen LogP contribution in [0, 0.1) is 0 Å². The summed E-state index contributed by atoms with van der Waals surface area (Å²) in [6, 6.07) is 0. The highest BCUT2D eigenvalue weighted by Crippen LogP contribution is 2.36. The van der Waals surface area contributed by atoms with Crippen LogP contribution in [0.2, 0.25) is 18.1 Å². The molecule has 0 bridgehead atoms. The third kappa shape index (κ3) is 7.47. The molecule has 0 aliphatic heterocycles. The minimum atomic E-state index is -1.67. The van der Waals surface area contributed by atoms with Crippen LogP contribution < -0.4 is 0 Å². The Morgan fingerprint density at radius 1 is 1.26 bits per heavy atom. The zero-order chi connectivity index (χ0) is 15.1. The Hall–Kier alpha value is -0.683. The van der Waals surface area contributed by atoms with Gasteiger partial charge >= 0.3 is 5.97 Å². The lowest BCUT2D eigenvalue weighted by atomic mass is 10.2. The fourth-order valence-corrected chi connectivity index (χ4v) is 2.45. The van der Waals surface area contributed by atoms with Crippen LogP contribution in [0.4, 0.5) is 0 Å². The molecule has 0 heterocycles. The van der Waals surface area contributed by atoms with E-state index in [-0.39, 0.29) is 5.04 Å². The fraction of sp³-hybridized carbons (Fsp3) is 0.857. The predicted molar refractivity (Wildman–Crippen MR) is 78.6 cm³/mol. The van der Waals surface area contributed by atoms with Gasteiger partial charge in [0.1, 0.15) is 0 Å². The van der Waals surface area contributed by atoms with Crippen molar-refractivity contribution in [2.75, 3.05) is 6.61 Å². The summed E-state index contributed by atoms with van der Waals surface area (Å²) in [6.45, 7) is 13.1. The third-order valence-corrected chi connectivity index (χ3v) is 8.16. The van der Waals surface area contributed by atoms with Crippen molar-refractivity contribution in [1.82, 2.24) is 0 Å². The van der Waals surface area contributed by atoms with Gasteiger partial charge in [-0.2, -0.15) is 0 Å². The van der Waals surface area contributed by atoms with Crippen LogP contribution in [-0.4, -0.2) is 33.3 Å². The summed E-state index contributed by atoms with van der Waals surface area (Å²) in [6.07, 6.45) is 2.37. The standard InChI is InChI=1S/C14H28O4Si/c1-12(16)18-13(11-15)9-7-8-10-17-19(5,6)14(2,3)4/h11,13H,7-10H2,1-6H3/t13-/m1/s1. The lowest BCUT2D eigenvalue weighted by Gasteiger charge is -2.36. The zero-order valence-electron chi connectivity index (χ0n) is 13.1. The molecule has 0 rings (SSSR count). The maximum absolute atomic E-state index is 10.7. The quantitative estimate of drug-likeness (QED) is 0.297. The molecule has 19 heavy (non-hydrogen) atoms. The van der Waals surface area contributed by atoms with E-state index in [9.17, 15) is 9.59 Å². The zero-order valence-corrected chi connectivity index (χ0v) is 14.1. The van der Waals surface area contributed by atoms with Crippen molar-refractivity contribution in [3.8, 4) is 0 Å². The highest BCUT2D eigenvalue weighted by atomic mass is 28.4. The summed E-state index contributed by atoms with van der Waals surface area (Å²) in [5.74, 6) is -0.408. The van der Waals surface area contributed by atoms with Gasteiger partial charge in [-0.15, -0.1) is 0 Å². The lowest BCUT2D eigenvalue weighted by Crippen LogP contribution is -2.40. The highest BCUT2D eigenvalue weighted by Gasteiger charge is 2.36. The van der Waals surface area contributed by atoms with Gasteiger partial charge in [0.25, 0.3) is 0 Å². The van der Waals surface area contributed by atoms with Crippen molar-refractivity contribution in [3.63, 3.8) is 0 Å². The molecule has 0 aliphatic carbocycles. The Balaban J connectivity index is 3.87. The molecule has 0 aromatic heterocycles. The normalized spacial score (nSPS) is 14.0. The number of ether oxygens (including phenoxy) is 1. The van der Waals surface area contributed by atoms with E-state index >= 15 is 0 Å². The smallest absolute Gasteiger partial charge is 0.303 e. The number of carbonyl (C=O) groups is 2. The number of esters is 1. The van der Waals surface area contributed by atoms with Crippen LogP contribution in [0.15, 0.2) is 0 Å². The molecule has 0 unspecified atom stereocenters. The van der Waals surface area contributed by atoms with Crippen LogP contribution in [-0.2, 0) is 18.8 Å². The summed E-state index contributed by atoms with van der Waals surface area (Å²) in [7, 11) is -1.67. The molecule has 0 saturated carbocycles. The van der Waals surface area contributed by atoms with Crippen molar-refractivity contribution >= 4 is 20.6 Å². The van der Waals surface area contributed by atoms with Crippen LogP contribution in [0.5, 0.6) is 0 Å². The minimum Gasteiger partial charge on any atom is -0.455 e. The van der Waals surface area contributed by atoms with E-state index in [0.29, 0.717) is 19.3 Å². The van der Waals surface area contributed by atoms with Crippen molar-refractivity contribution in [3.05, 3.63) is 0 Å². The number of unbranched alkanes of at least 4 members (excludes halogenated alkanes) is 1. The fourth-order valence-electron chi connectivity index (χ4n) is 1.36. The summed E-state index contributed by atoms with van der Waals surface area (Å²) in [5.41, 5.74) is 0. The van der Waals surface area contributed by atoms with Crippen molar-refractivity contribution in [1.29, 1.82) is 0 Å². The Kier molecular flexibility index (Phi) is 7.52. The molecule has 5 heteroatoms. The second-order valence-electron chi connectivity index (χ2n) is 6.39. The minimum absolute atomic E-state index is 0.218. The van der Waals surface area contributed by atoms with Gasteiger partial charge in [0.05, 0.1) is 0 Å². The lowest BCUT2D eigenvalue weighted by molar-refractivity contribution is -0.149. The Morgan fingerprint density at radius 3 is 2.26 bits per heavy atom. The Morgan fingerprint density at radius 2 is 1.84 bits per heavy atom. The van der Waals surface area contributed by atoms with Gasteiger partial charge in [0, 0.05) is 13.5 Å². The maximum Gasteiger partial charge on any atom is 0.303 e. The molecule has 0 saturated heterocycles. The Bertz CT molecular complexity index is 294. The molecule has 112 valence electrons. The first-order valence-corrected chi connectivity index (χ1v) is 9.77. The predicted octanol–water partition coefficient (Wildman–Crippen LogP) is 3.31. The molecule has 1 atom stereocenters. The van der Waals surface area contributed by atoms with Crippen LogP contribution >= 0.6 is 0 Å². The molecule has 0 aromatic carbocycles. The van der Waals surface area contributed by atoms with Gasteiger partial charge in [0.15, 0.2) is 20.7 Å². The van der Waals surface area contributed by atoms with Gasteiger partial charge in [0.2, 0.25) is 0 Å². The van der Waals surface area contributed by atoms with Crippen LogP contribution in [0.1, 0.15) is 47.0 Å². The van der Waals surface area contributed by atoms with Gasteiger partial charge in [-0.1, -0.05) is 20.8 Å². The van der Waals surface area contributed by atoms with Crippen LogP contribution in [0.25, 0.3) is 0 Å². The van der Waals surface area contributed by atoms with E-state index in [2.05, 4.69) is 33.9 Å². The van der Waals surface area contributed by atoms with E-state index in [1.807, 2.05) is 0 Å². The molecule has 0 amide bonds. The average molecular weight is 288 g/mol. The molecule has 0 radical (unpaired) electrons. The Labute approximate surface area is 118 Å². The number of rotatable bonds is 8. The summed E-state index contributed by atoms with van der Waals surface area (Å²) in [4.78, 5) is 21.4. The molecule has 0 aliphatic rings. The topological polar surface area (TPSA) is 52.6 Å². The second-order valence-corrected chi connectivity index (χ2v) is 11.2. The monoisotopic (exact) mass is 288 g/mol. The van der Waals surface area contributed by atoms with Crippen LogP contribution in [0.3, 0.4) is 0 Å². The maximum atomic E-state index is 10.7. The van der Waals surface area contributed by atoms with Gasteiger partial charge in [-0.25, -0.2) is 0 Å². The van der Waals surface area contributed by atoms with Crippen molar-refractivity contribution < 1.29 is 18.8 Å².